The molecule has 21 heavy (non-hydrogen) atoms. The monoisotopic (exact) mass is 291 g/mol. The minimum atomic E-state index is -0.834. The van der Waals surface area contributed by atoms with E-state index in [1.165, 1.54) is 0 Å². The maximum atomic E-state index is 11.5. The van der Waals surface area contributed by atoms with E-state index in [1.54, 1.807) is 4.90 Å². The number of rotatable bonds is 6. The van der Waals surface area contributed by atoms with Gasteiger partial charge in [0.1, 0.15) is 18.5 Å². The number of hydrogen-bond acceptors (Lipinski definition) is 3. The average Bonchev–Trinajstić information content (AvgIpc) is 3.16. The number of benzene rings is 1. The number of ether oxygens (including phenoxy) is 2. The van der Waals surface area contributed by atoms with E-state index in [0.717, 1.165) is 43.6 Å². The largest absolute Gasteiger partial charge is 0.491 e. The van der Waals surface area contributed by atoms with Crippen molar-refractivity contribution >= 4 is 6.09 Å². The molecule has 1 unspecified atom stereocenters. The Morgan fingerprint density at radius 2 is 2.14 bits per heavy atom. The van der Waals surface area contributed by atoms with Gasteiger partial charge in [-0.3, -0.25) is 0 Å². The molecule has 1 aromatic rings. The van der Waals surface area contributed by atoms with Crippen molar-refractivity contribution in [2.75, 3.05) is 13.2 Å². The molecule has 1 aliphatic heterocycles. The molecule has 1 saturated heterocycles. The zero-order valence-corrected chi connectivity index (χ0v) is 12.0. The van der Waals surface area contributed by atoms with Crippen LogP contribution in [-0.4, -0.2) is 41.5 Å². The van der Waals surface area contributed by atoms with Crippen LogP contribution < -0.4 is 4.74 Å². The second-order valence-electron chi connectivity index (χ2n) is 5.76. The lowest BCUT2D eigenvalue weighted by atomic mass is 10.1. The van der Waals surface area contributed by atoms with Crippen LogP contribution in [0.1, 0.15) is 31.2 Å². The van der Waals surface area contributed by atoms with Gasteiger partial charge in [-0.1, -0.05) is 25.0 Å². The molecule has 2 aliphatic rings. The third kappa shape index (κ3) is 3.88. The number of carbonyl (C=O) groups is 1. The topological polar surface area (TPSA) is 62.3 Å². The molecule has 0 spiro atoms. The molecule has 0 aromatic heterocycles. The van der Waals surface area contributed by atoms with Crippen molar-refractivity contribution in [2.24, 2.45) is 0 Å². The average molecular weight is 291 g/mol. The summed E-state index contributed by atoms with van der Waals surface area (Å²) >= 11 is 0. The third-order valence-corrected chi connectivity index (χ3v) is 4.10. The van der Waals surface area contributed by atoms with Crippen LogP contribution in [0.25, 0.3) is 0 Å². The van der Waals surface area contributed by atoms with Crippen molar-refractivity contribution in [3.63, 3.8) is 0 Å². The van der Waals surface area contributed by atoms with Gasteiger partial charge in [-0.25, -0.2) is 4.79 Å². The summed E-state index contributed by atoms with van der Waals surface area (Å²) in [5, 5.41) is 9.43. The summed E-state index contributed by atoms with van der Waals surface area (Å²) in [7, 11) is 0. The van der Waals surface area contributed by atoms with E-state index < -0.39 is 6.09 Å². The molecule has 1 aromatic carbocycles. The first-order chi connectivity index (χ1) is 10.2. The SMILES string of the molecule is O=C(O)N(Cc1cccc(OCC2CO2)c1)C1CCCC1. The molecular formula is C16H21NO4. The van der Waals surface area contributed by atoms with Gasteiger partial charge in [-0.05, 0) is 30.5 Å². The van der Waals surface area contributed by atoms with Gasteiger partial charge >= 0.3 is 6.09 Å². The second kappa shape index (κ2) is 6.35. The van der Waals surface area contributed by atoms with Crippen LogP contribution in [0.15, 0.2) is 24.3 Å². The van der Waals surface area contributed by atoms with Gasteiger partial charge in [-0.2, -0.15) is 0 Å². The highest BCUT2D eigenvalue weighted by Gasteiger charge is 2.26. The molecular weight excluding hydrogens is 270 g/mol. The molecule has 0 bridgehead atoms. The lowest BCUT2D eigenvalue weighted by Crippen LogP contribution is -2.37. The highest BCUT2D eigenvalue weighted by Crippen LogP contribution is 2.26. The second-order valence-corrected chi connectivity index (χ2v) is 5.76. The molecule has 2 fully saturated rings. The summed E-state index contributed by atoms with van der Waals surface area (Å²) in [4.78, 5) is 13.0. The predicted molar refractivity (Wildman–Crippen MR) is 77.5 cm³/mol. The summed E-state index contributed by atoms with van der Waals surface area (Å²) in [5.41, 5.74) is 0.971. The van der Waals surface area contributed by atoms with Gasteiger partial charge in [0, 0.05) is 12.6 Å². The van der Waals surface area contributed by atoms with Crippen LogP contribution in [0.5, 0.6) is 5.75 Å². The van der Waals surface area contributed by atoms with E-state index in [9.17, 15) is 9.90 Å². The molecule has 5 heteroatoms. The number of amides is 1. The maximum Gasteiger partial charge on any atom is 0.407 e. The van der Waals surface area contributed by atoms with Crippen molar-refractivity contribution in [2.45, 2.75) is 44.4 Å². The molecule has 1 N–H and O–H groups in total. The number of carboxylic acid groups (broad SMARTS) is 1. The normalized spacial score (nSPS) is 21.2. The van der Waals surface area contributed by atoms with Gasteiger partial charge in [0.25, 0.3) is 0 Å². The zero-order chi connectivity index (χ0) is 14.7. The fraction of sp³-hybridized carbons (Fsp3) is 0.562. The van der Waals surface area contributed by atoms with Gasteiger partial charge in [-0.15, -0.1) is 0 Å². The highest BCUT2D eigenvalue weighted by atomic mass is 16.6. The van der Waals surface area contributed by atoms with Gasteiger partial charge in [0.05, 0.1) is 6.61 Å². The zero-order valence-electron chi connectivity index (χ0n) is 12.0. The summed E-state index contributed by atoms with van der Waals surface area (Å²) in [5.74, 6) is 0.778. The molecule has 0 radical (unpaired) electrons. The van der Waals surface area contributed by atoms with Gasteiger partial charge < -0.3 is 19.5 Å². The Balaban J connectivity index is 1.63. The highest BCUT2D eigenvalue weighted by molar-refractivity contribution is 5.65. The van der Waals surface area contributed by atoms with Crippen LogP contribution in [0.2, 0.25) is 0 Å². The molecule has 3 rings (SSSR count). The van der Waals surface area contributed by atoms with E-state index in [4.69, 9.17) is 9.47 Å². The van der Waals surface area contributed by atoms with Crippen molar-refractivity contribution in [3.8, 4) is 5.75 Å². The Morgan fingerprint density at radius 3 is 2.81 bits per heavy atom. The van der Waals surface area contributed by atoms with E-state index in [-0.39, 0.29) is 12.1 Å². The van der Waals surface area contributed by atoms with Crippen molar-refractivity contribution in [3.05, 3.63) is 29.8 Å². The van der Waals surface area contributed by atoms with Crippen LogP contribution in [0, 0.1) is 0 Å². The first-order valence-electron chi connectivity index (χ1n) is 7.55. The Morgan fingerprint density at radius 1 is 1.38 bits per heavy atom. The summed E-state index contributed by atoms with van der Waals surface area (Å²) < 4.78 is 10.8. The number of epoxide rings is 1. The van der Waals surface area contributed by atoms with E-state index in [0.29, 0.717) is 13.2 Å². The van der Waals surface area contributed by atoms with E-state index in [2.05, 4.69) is 0 Å². The first-order valence-corrected chi connectivity index (χ1v) is 7.55. The molecule has 1 heterocycles. The number of hydrogen-bond donors (Lipinski definition) is 1. The predicted octanol–water partition coefficient (Wildman–Crippen LogP) is 2.89. The minimum absolute atomic E-state index is 0.159. The summed E-state index contributed by atoms with van der Waals surface area (Å²) in [6, 6.07) is 7.84. The minimum Gasteiger partial charge on any atom is -0.491 e. The molecule has 1 aliphatic carbocycles. The van der Waals surface area contributed by atoms with Gasteiger partial charge in [0.15, 0.2) is 0 Å². The molecule has 1 saturated carbocycles. The maximum absolute atomic E-state index is 11.5. The van der Waals surface area contributed by atoms with E-state index >= 15 is 0 Å². The Bertz CT molecular complexity index is 495. The van der Waals surface area contributed by atoms with Crippen molar-refractivity contribution in [1.29, 1.82) is 0 Å². The van der Waals surface area contributed by atoms with Crippen LogP contribution in [0.4, 0.5) is 4.79 Å². The molecule has 5 nitrogen and oxygen atoms in total. The molecule has 1 amide bonds. The van der Waals surface area contributed by atoms with Crippen LogP contribution in [-0.2, 0) is 11.3 Å². The third-order valence-electron chi connectivity index (χ3n) is 4.10. The van der Waals surface area contributed by atoms with Crippen molar-refractivity contribution in [1.82, 2.24) is 4.90 Å². The van der Waals surface area contributed by atoms with E-state index in [1.807, 2.05) is 24.3 Å². The Hall–Kier alpha value is -1.75. The van der Waals surface area contributed by atoms with Gasteiger partial charge in [0.2, 0.25) is 0 Å². The summed E-state index contributed by atoms with van der Waals surface area (Å²) in [6.07, 6.45) is 3.59. The van der Waals surface area contributed by atoms with Crippen LogP contribution in [0.3, 0.4) is 0 Å². The lowest BCUT2D eigenvalue weighted by Gasteiger charge is -2.26. The first kappa shape index (κ1) is 14.2. The standard InChI is InChI=1S/C16H21NO4/c18-16(19)17(13-5-1-2-6-13)9-12-4-3-7-14(8-12)20-10-15-11-21-15/h3-4,7-8,13,15H,1-2,5-6,9-11H2,(H,18,19). The fourth-order valence-corrected chi connectivity index (χ4v) is 2.85. The Kier molecular flexibility index (Phi) is 4.29. The van der Waals surface area contributed by atoms with Crippen LogP contribution >= 0.6 is 0 Å². The quantitative estimate of drug-likeness (QED) is 0.819. The molecule has 1 atom stereocenters. The fourth-order valence-electron chi connectivity index (χ4n) is 2.85. The lowest BCUT2D eigenvalue weighted by molar-refractivity contribution is 0.121. The number of nitrogens with zero attached hydrogens (tertiary/aromatic N) is 1. The smallest absolute Gasteiger partial charge is 0.407 e. The summed E-state index contributed by atoms with van der Waals surface area (Å²) in [6.45, 7) is 1.76. The van der Waals surface area contributed by atoms with Crippen molar-refractivity contribution < 1.29 is 19.4 Å². The molecule has 114 valence electrons. The Labute approximate surface area is 124 Å².